The Hall–Kier alpha value is -1.55. The van der Waals surface area contributed by atoms with Crippen molar-refractivity contribution in [3.05, 3.63) is 29.8 Å². The summed E-state index contributed by atoms with van der Waals surface area (Å²) in [6.07, 6.45) is 0.285. The Morgan fingerprint density at radius 2 is 2.36 bits per heavy atom. The first-order valence-corrected chi connectivity index (χ1v) is 4.39. The lowest BCUT2D eigenvalue weighted by atomic mass is 10.0. The minimum atomic E-state index is -0.247. The van der Waals surface area contributed by atoms with Crippen molar-refractivity contribution in [3.8, 4) is 5.75 Å². The van der Waals surface area contributed by atoms with Crippen molar-refractivity contribution in [1.29, 1.82) is 0 Å². The molecule has 0 saturated carbocycles. The fraction of sp³-hybridized carbons (Fsp3) is 0.300. The van der Waals surface area contributed by atoms with Crippen LogP contribution in [0.15, 0.2) is 24.3 Å². The van der Waals surface area contributed by atoms with Crippen LogP contribution >= 0.6 is 0 Å². The first-order chi connectivity index (χ1) is 6.81. The van der Waals surface area contributed by atoms with Crippen LogP contribution in [0.2, 0.25) is 0 Å². The lowest BCUT2D eigenvalue weighted by Gasteiger charge is -2.06. The first-order valence-electron chi connectivity index (χ1n) is 4.39. The molecule has 74 valence electrons. The number of para-hydroxylation sites is 1. The summed E-state index contributed by atoms with van der Waals surface area (Å²) in [5, 5.41) is 0. The zero-order valence-corrected chi connectivity index (χ0v) is 7.82. The molecule has 1 aromatic rings. The molecule has 1 unspecified atom stereocenters. The van der Waals surface area contributed by atoms with E-state index in [4.69, 9.17) is 4.84 Å². The maximum Gasteiger partial charge on any atom is 0.307 e. The van der Waals surface area contributed by atoms with Crippen molar-refractivity contribution in [2.45, 2.75) is 12.5 Å². The highest BCUT2D eigenvalue weighted by Gasteiger charge is 2.25. The minimum Gasteiger partial charge on any atom is -0.469 e. The molecule has 14 heavy (non-hydrogen) atoms. The normalized spacial score (nSPS) is 18.5. The third kappa shape index (κ3) is 1.56. The summed E-state index contributed by atoms with van der Waals surface area (Å²) in [7, 11) is 1.38. The van der Waals surface area contributed by atoms with Gasteiger partial charge in [-0.05, 0) is 6.07 Å². The van der Waals surface area contributed by atoms with E-state index in [-0.39, 0.29) is 18.4 Å². The quantitative estimate of drug-likeness (QED) is 0.716. The number of nitrogens with one attached hydrogen (secondary N) is 1. The highest BCUT2D eigenvalue weighted by molar-refractivity contribution is 5.70. The van der Waals surface area contributed by atoms with E-state index in [0.717, 1.165) is 11.3 Å². The number of benzene rings is 1. The Kier molecular flexibility index (Phi) is 2.37. The van der Waals surface area contributed by atoms with Crippen molar-refractivity contribution < 1.29 is 14.4 Å². The average Bonchev–Trinajstić information content (AvgIpc) is 2.62. The Balaban J connectivity index is 2.14. The Bertz CT molecular complexity index is 351. The van der Waals surface area contributed by atoms with E-state index in [1.54, 1.807) is 0 Å². The summed E-state index contributed by atoms with van der Waals surface area (Å²) in [5.74, 6) is 0.532. The molecule has 0 amide bonds. The van der Waals surface area contributed by atoms with Crippen molar-refractivity contribution >= 4 is 5.97 Å². The molecule has 1 heterocycles. The maximum absolute atomic E-state index is 11.1. The fourth-order valence-corrected chi connectivity index (χ4v) is 1.46. The summed E-state index contributed by atoms with van der Waals surface area (Å²) in [6, 6.07) is 7.50. The fourth-order valence-electron chi connectivity index (χ4n) is 1.46. The predicted molar refractivity (Wildman–Crippen MR) is 49.6 cm³/mol. The van der Waals surface area contributed by atoms with Gasteiger partial charge >= 0.3 is 5.97 Å². The van der Waals surface area contributed by atoms with E-state index in [9.17, 15) is 4.79 Å². The van der Waals surface area contributed by atoms with Crippen molar-refractivity contribution in [2.75, 3.05) is 7.11 Å². The molecule has 0 aromatic heterocycles. The summed E-state index contributed by atoms with van der Waals surface area (Å²) in [5.41, 5.74) is 3.78. The van der Waals surface area contributed by atoms with E-state index >= 15 is 0 Å². The number of hydrogen-bond donors (Lipinski definition) is 1. The summed E-state index contributed by atoms with van der Waals surface area (Å²) in [4.78, 5) is 16.3. The van der Waals surface area contributed by atoms with Crippen LogP contribution in [0.1, 0.15) is 18.0 Å². The summed E-state index contributed by atoms with van der Waals surface area (Å²) < 4.78 is 4.59. The Labute approximate surface area is 81.8 Å². The first kappa shape index (κ1) is 9.02. The number of esters is 1. The number of hydrogen-bond acceptors (Lipinski definition) is 4. The van der Waals surface area contributed by atoms with Crippen LogP contribution in [0.3, 0.4) is 0 Å². The van der Waals surface area contributed by atoms with Crippen LogP contribution in [-0.2, 0) is 9.53 Å². The molecule has 1 aliphatic heterocycles. The van der Waals surface area contributed by atoms with E-state index in [1.165, 1.54) is 7.11 Å². The van der Waals surface area contributed by atoms with E-state index in [2.05, 4.69) is 10.2 Å². The van der Waals surface area contributed by atoms with Gasteiger partial charge in [-0.15, -0.1) is 5.48 Å². The van der Waals surface area contributed by atoms with Crippen LogP contribution in [0.4, 0.5) is 0 Å². The number of carbonyl (C=O) groups is 1. The van der Waals surface area contributed by atoms with Crippen LogP contribution in [0, 0.1) is 0 Å². The van der Waals surface area contributed by atoms with Gasteiger partial charge in [-0.3, -0.25) is 4.79 Å². The minimum absolute atomic E-state index is 0.0985. The molecular formula is C10H11NO3. The molecule has 1 atom stereocenters. The molecule has 2 rings (SSSR count). The molecule has 4 nitrogen and oxygen atoms in total. The number of methoxy groups -OCH3 is 1. The number of hydroxylamine groups is 1. The van der Waals surface area contributed by atoms with E-state index in [1.807, 2.05) is 24.3 Å². The topological polar surface area (TPSA) is 47.6 Å². The molecule has 1 aromatic carbocycles. The lowest BCUT2D eigenvalue weighted by Crippen LogP contribution is -2.20. The monoisotopic (exact) mass is 193 g/mol. The second-order valence-corrected chi connectivity index (χ2v) is 3.09. The molecule has 0 saturated heterocycles. The van der Waals surface area contributed by atoms with Gasteiger partial charge in [0, 0.05) is 5.56 Å². The van der Waals surface area contributed by atoms with Crippen LogP contribution < -0.4 is 10.3 Å². The van der Waals surface area contributed by atoms with Crippen LogP contribution in [0.5, 0.6) is 5.75 Å². The molecule has 0 bridgehead atoms. The highest BCUT2D eigenvalue weighted by Crippen LogP contribution is 2.32. The molecule has 1 N–H and O–H groups in total. The second kappa shape index (κ2) is 3.67. The van der Waals surface area contributed by atoms with Gasteiger partial charge in [0.15, 0.2) is 5.75 Å². The Morgan fingerprint density at radius 1 is 1.57 bits per heavy atom. The largest absolute Gasteiger partial charge is 0.469 e. The zero-order valence-electron chi connectivity index (χ0n) is 7.82. The molecule has 1 aliphatic rings. The highest BCUT2D eigenvalue weighted by atomic mass is 16.7. The van der Waals surface area contributed by atoms with Gasteiger partial charge in [0.2, 0.25) is 0 Å². The predicted octanol–water partition coefficient (Wildman–Crippen LogP) is 1.19. The van der Waals surface area contributed by atoms with Crippen LogP contribution in [0.25, 0.3) is 0 Å². The maximum atomic E-state index is 11.1. The number of fused-ring (bicyclic) bond motifs is 1. The zero-order chi connectivity index (χ0) is 9.97. The molecular weight excluding hydrogens is 182 g/mol. The second-order valence-electron chi connectivity index (χ2n) is 3.09. The summed E-state index contributed by atoms with van der Waals surface area (Å²) in [6.45, 7) is 0. The van der Waals surface area contributed by atoms with Crippen molar-refractivity contribution in [1.82, 2.24) is 5.48 Å². The molecule has 0 fully saturated rings. The molecule has 0 aliphatic carbocycles. The van der Waals surface area contributed by atoms with Gasteiger partial charge in [0.25, 0.3) is 0 Å². The van der Waals surface area contributed by atoms with Gasteiger partial charge in [-0.2, -0.15) is 0 Å². The van der Waals surface area contributed by atoms with Gasteiger partial charge in [-0.1, -0.05) is 18.2 Å². The van der Waals surface area contributed by atoms with Crippen molar-refractivity contribution in [3.63, 3.8) is 0 Å². The lowest BCUT2D eigenvalue weighted by molar-refractivity contribution is -0.141. The summed E-state index contributed by atoms with van der Waals surface area (Å²) >= 11 is 0. The van der Waals surface area contributed by atoms with Gasteiger partial charge in [0.05, 0.1) is 19.6 Å². The van der Waals surface area contributed by atoms with Gasteiger partial charge < -0.3 is 9.57 Å². The number of ether oxygens (including phenoxy) is 1. The number of rotatable bonds is 2. The van der Waals surface area contributed by atoms with Crippen LogP contribution in [-0.4, -0.2) is 13.1 Å². The standard InChI is InChI=1S/C10H11NO3/c1-13-10(12)6-8-7-4-2-3-5-9(7)14-11-8/h2-5,8,11H,6H2,1H3. The van der Waals surface area contributed by atoms with Gasteiger partial charge in [0.1, 0.15) is 0 Å². The molecule has 0 radical (unpaired) electrons. The number of carbonyl (C=O) groups excluding carboxylic acids is 1. The average molecular weight is 193 g/mol. The Morgan fingerprint density at radius 3 is 3.14 bits per heavy atom. The van der Waals surface area contributed by atoms with Crippen molar-refractivity contribution in [2.24, 2.45) is 0 Å². The third-order valence-corrected chi connectivity index (χ3v) is 2.20. The SMILES string of the molecule is COC(=O)CC1NOc2ccccc21. The van der Waals surface area contributed by atoms with E-state index < -0.39 is 0 Å². The molecule has 0 spiro atoms. The third-order valence-electron chi connectivity index (χ3n) is 2.20. The van der Waals surface area contributed by atoms with E-state index in [0.29, 0.717) is 0 Å². The smallest absolute Gasteiger partial charge is 0.307 e. The van der Waals surface area contributed by atoms with Gasteiger partial charge in [-0.25, -0.2) is 0 Å². The molecule has 4 heteroatoms.